The lowest BCUT2D eigenvalue weighted by Crippen LogP contribution is -3.00. The number of hydrogen-bond donors (Lipinski definition) is 0. The van der Waals surface area contributed by atoms with Gasteiger partial charge in [-0.1, -0.05) is 70.1 Å². The van der Waals surface area contributed by atoms with E-state index in [9.17, 15) is 4.79 Å². The summed E-state index contributed by atoms with van der Waals surface area (Å²) in [5.74, 6) is 2.90. The smallest absolute Gasteiger partial charge is 0.226 e. The number of hydrogen-bond acceptors (Lipinski definition) is 2. The summed E-state index contributed by atoms with van der Waals surface area (Å²) >= 11 is 2.08. The molecule has 0 bridgehead atoms. The number of carbonyl (C=O) groups is 1. The predicted molar refractivity (Wildman–Crippen MR) is 105 cm³/mol. The predicted octanol–water partition coefficient (Wildman–Crippen LogP) is 2.01. The van der Waals surface area contributed by atoms with E-state index in [1.54, 1.807) is 0 Å². The molecule has 2 saturated heterocycles. The molecule has 5 heteroatoms. The minimum Gasteiger partial charge on any atom is -1.00 e. The number of nitrogens with zero attached hydrogens (tertiary/aromatic N) is 2. The van der Waals surface area contributed by atoms with Crippen LogP contribution >= 0.6 is 11.8 Å². The number of carbonyl (C=O) groups excluding carboxylic acids is 1. The Morgan fingerprint density at radius 2 is 1.64 bits per heavy atom. The highest BCUT2D eigenvalue weighted by Crippen LogP contribution is 2.27. The Kier molecular flexibility index (Phi) is 12.3. The zero-order valence-corrected chi connectivity index (χ0v) is 17.9. The fourth-order valence-electron chi connectivity index (χ4n) is 4.09. The van der Waals surface area contributed by atoms with Crippen molar-refractivity contribution in [2.45, 2.75) is 84.0 Å². The molecule has 0 aromatic carbocycles. The molecule has 2 fully saturated rings. The molecule has 0 radical (unpaired) electrons. The molecule has 0 aromatic rings. The van der Waals surface area contributed by atoms with Crippen molar-refractivity contribution in [1.29, 1.82) is 0 Å². The molecule has 2 rings (SSSR count). The molecule has 0 spiro atoms. The van der Waals surface area contributed by atoms with Crippen molar-refractivity contribution in [3.8, 4) is 0 Å². The SMILES string of the molecule is CCCCCCCCCCCC[N+]1(CN2CCCC2=O)CCSC1.[Cl-]. The monoisotopic (exact) mass is 390 g/mol. The zero-order chi connectivity index (χ0) is 17.1. The van der Waals surface area contributed by atoms with Crippen molar-refractivity contribution >= 4 is 17.7 Å². The number of likely N-dealkylation sites (tertiary alicyclic amines) is 1. The Labute approximate surface area is 166 Å². The molecule has 25 heavy (non-hydrogen) atoms. The molecular weight excluding hydrogens is 352 g/mol. The minimum atomic E-state index is 0. The second-order valence-corrected chi connectivity index (χ2v) is 8.99. The molecule has 2 aliphatic rings. The standard InChI is InChI=1S/C20H39N2OS.ClH/c1-2-3-4-5-6-7-8-9-10-11-15-22(16-17-24-19-22)18-21-14-12-13-20(21)23;/h2-19H2,1H3;1H/q+1;/p-1. The van der Waals surface area contributed by atoms with Gasteiger partial charge in [-0.2, -0.15) is 0 Å². The van der Waals surface area contributed by atoms with Crippen LogP contribution in [0.15, 0.2) is 0 Å². The summed E-state index contributed by atoms with van der Waals surface area (Å²) in [4.78, 5) is 14.1. The van der Waals surface area contributed by atoms with E-state index in [0.717, 1.165) is 26.1 Å². The topological polar surface area (TPSA) is 20.3 Å². The van der Waals surface area contributed by atoms with Gasteiger partial charge in [0.05, 0.1) is 13.1 Å². The van der Waals surface area contributed by atoms with Crippen LogP contribution in [0.2, 0.25) is 0 Å². The lowest BCUT2D eigenvalue weighted by Gasteiger charge is -2.36. The summed E-state index contributed by atoms with van der Waals surface area (Å²) in [6, 6.07) is 0. The van der Waals surface area contributed by atoms with Gasteiger partial charge in [0, 0.05) is 18.7 Å². The summed E-state index contributed by atoms with van der Waals surface area (Å²) in [6.07, 6.45) is 15.9. The summed E-state index contributed by atoms with van der Waals surface area (Å²) < 4.78 is 1.17. The lowest BCUT2D eigenvalue weighted by molar-refractivity contribution is -0.918. The van der Waals surface area contributed by atoms with Gasteiger partial charge in [0.2, 0.25) is 5.91 Å². The maximum absolute atomic E-state index is 12.0. The van der Waals surface area contributed by atoms with Crippen molar-refractivity contribution < 1.29 is 21.7 Å². The van der Waals surface area contributed by atoms with Crippen LogP contribution in [0, 0.1) is 0 Å². The normalized spacial score (nSPS) is 23.2. The van der Waals surface area contributed by atoms with Gasteiger partial charge in [-0.05, 0) is 19.3 Å². The first kappa shape index (κ1) is 23.1. The van der Waals surface area contributed by atoms with Crippen LogP contribution in [0.3, 0.4) is 0 Å². The molecule has 2 aliphatic heterocycles. The number of halogens is 1. The van der Waals surface area contributed by atoms with Gasteiger partial charge in [-0.25, -0.2) is 0 Å². The second kappa shape index (κ2) is 13.3. The van der Waals surface area contributed by atoms with E-state index in [2.05, 4.69) is 23.6 Å². The molecular formula is C20H39ClN2OS. The van der Waals surface area contributed by atoms with Crippen molar-refractivity contribution in [1.82, 2.24) is 4.90 Å². The average molecular weight is 391 g/mol. The van der Waals surface area contributed by atoms with Crippen molar-refractivity contribution in [2.24, 2.45) is 0 Å². The molecule has 148 valence electrons. The van der Waals surface area contributed by atoms with Gasteiger partial charge in [0.15, 0.2) is 6.67 Å². The van der Waals surface area contributed by atoms with Crippen LogP contribution < -0.4 is 12.4 Å². The van der Waals surface area contributed by atoms with Crippen LogP contribution in [-0.4, -0.2) is 53.2 Å². The Hall–Kier alpha value is 0.0700. The number of amides is 1. The number of rotatable bonds is 13. The van der Waals surface area contributed by atoms with Crippen molar-refractivity contribution in [3.63, 3.8) is 0 Å². The second-order valence-electron chi connectivity index (χ2n) is 7.91. The molecule has 0 N–H and O–H groups in total. The molecule has 1 unspecified atom stereocenters. The van der Waals surface area contributed by atoms with Crippen LogP contribution in [0.25, 0.3) is 0 Å². The molecule has 0 aliphatic carbocycles. The van der Waals surface area contributed by atoms with Gasteiger partial charge in [0.25, 0.3) is 0 Å². The maximum atomic E-state index is 12.0. The highest BCUT2D eigenvalue weighted by atomic mass is 35.5. The van der Waals surface area contributed by atoms with Crippen LogP contribution in [0.4, 0.5) is 0 Å². The fraction of sp³-hybridized carbons (Fsp3) is 0.950. The van der Waals surface area contributed by atoms with Crippen LogP contribution in [-0.2, 0) is 4.79 Å². The fourth-order valence-corrected chi connectivity index (χ4v) is 5.46. The van der Waals surface area contributed by atoms with Gasteiger partial charge < -0.3 is 12.4 Å². The Bertz CT molecular complexity index is 362. The maximum Gasteiger partial charge on any atom is 0.226 e. The van der Waals surface area contributed by atoms with E-state index in [4.69, 9.17) is 0 Å². The van der Waals surface area contributed by atoms with Gasteiger partial charge >= 0.3 is 0 Å². The summed E-state index contributed by atoms with van der Waals surface area (Å²) in [5, 5.41) is 0. The first-order valence-electron chi connectivity index (χ1n) is 10.5. The Balaban J connectivity index is 0.00000312. The highest BCUT2D eigenvalue weighted by molar-refractivity contribution is 7.99. The minimum absolute atomic E-state index is 0. The zero-order valence-electron chi connectivity index (χ0n) is 16.3. The van der Waals surface area contributed by atoms with Crippen molar-refractivity contribution in [2.75, 3.05) is 37.9 Å². The molecule has 3 nitrogen and oxygen atoms in total. The van der Waals surface area contributed by atoms with Gasteiger partial charge in [-0.15, -0.1) is 0 Å². The Morgan fingerprint density at radius 3 is 2.16 bits per heavy atom. The van der Waals surface area contributed by atoms with Crippen LogP contribution in [0.5, 0.6) is 0 Å². The third-order valence-electron chi connectivity index (χ3n) is 5.70. The molecule has 0 aromatic heterocycles. The molecule has 2 heterocycles. The van der Waals surface area contributed by atoms with E-state index in [-0.39, 0.29) is 12.4 Å². The van der Waals surface area contributed by atoms with E-state index in [1.807, 2.05) is 0 Å². The Morgan fingerprint density at radius 1 is 1.00 bits per heavy atom. The number of thioether (sulfide) groups is 1. The van der Waals surface area contributed by atoms with Crippen molar-refractivity contribution in [3.05, 3.63) is 0 Å². The first-order valence-corrected chi connectivity index (χ1v) is 11.6. The molecule has 1 atom stereocenters. The lowest BCUT2D eigenvalue weighted by atomic mass is 10.1. The third kappa shape index (κ3) is 8.53. The van der Waals surface area contributed by atoms with Gasteiger partial charge in [-0.3, -0.25) is 14.2 Å². The summed E-state index contributed by atoms with van der Waals surface area (Å²) in [6.45, 7) is 6.83. The molecule has 1 amide bonds. The average Bonchev–Trinajstić information content (AvgIpc) is 3.20. The largest absolute Gasteiger partial charge is 1.00 e. The summed E-state index contributed by atoms with van der Waals surface area (Å²) in [5.41, 5.74) is 0. The van der Waals surface area contributed by atoms with E-state index in [1.165, 1.54) is 93.4 Å². The van der Waals surface area contributed by atoms with E-state index in [0.29, 0.717) is 5.91 Å². The molecule has 0 saturated carbocycles. The third-order valence-corrected chi connectivity index (χ3v) is 6.90. The van der Waals surface area contributed by atoms with E-state index >= 15 is 0 Å². The number of quaternary nitrogens is 1. The quantitative estimate of drug-likeness (QED) is 0.354. The number of unbranched alkanes of at least 4 members (excludes halogenated alkanes) is 9. The summed E-state index contributed by atoms with van der Waals surface area (Å²) in [7, 11) is 0. The van der Waals surface area contributed by atoms with E-state index < -0.39 is 0 Å². The first-order chi connectivity index (χ1) is 11.8. The van der Waals surface area contributed by atoms with Crippen LogP contribution in [0.1, 0.15) is 84.0 Å². The highest BCUT2D eigenvalue weighted by Gasteiger charge is 2.36. The van der Waals surface area contributed by atoms with Gasteiger partial charge in [0.1, 0.15) is 5.88 Å².